The minimum absolute atomic E-state index is 0.152. The molecule has 0 atom stereocenters. The molecule has 7 rings (SSSR count). The fourth-order valence-corrected chi connectivity index (χ4v) is 7.83. The number of imide groups is 1. The predicted octanol–water partition coefficient (Wildman–Crippen LogP) is 8.27. The highest BCUT2D eigenvalue weighted by Crippen LogP contribution is 2.36. The van der Waals surface area contributed by atoms with Crippen LogP contribution in [0.15, 0.2) is 79.0 Å². The molecular weight excluding hydrogens is 750 g/mol. The molecule has 3 aromatic carbocycles. The molecule has 14 heteroatoms. The number of ether oxygens (including phenoxy) is 1. The summed E-state index contributed by atoms with van der Waals surface area (Å²) in [5, 5.41) is 25.2. The van der Waals surface area contributed by atoms with Gasteiger partial charge in [-0.15, -0.1) is 0 Å². The third kappa shape index (κ3) is 9.74. The Bertz CT molecular complexity index is 2310. The molecule has 3 amide bonds. The number of amides is 3. The van der Waals surface area contributed by atoms with Gasteiger partial charge >= 0.3 is 6.18 Å². The summed E-state index contributed by atoms with van der Waals surface area (Å²) in [4.78, 5) is 40.8. The van der Waals surface area contributed by atoms with Crippen LogP contribution >= 0.6 is 0 Å². The Morgan fingerprint density at radius 3 is 2.52 bits per heavy atom. The zero-order valence-electron chi connectivity index (χ0n) is 32.5. The van der Waals surface area contributed by atoms with Crippen molar-refractivity contribution in [1.29, 1.82) is 0 Å². The number of hydrogen-bond acceptors (Lipinski definition) is 8. The van der Waals surface area contributed by atoms with E-state index in [-0.39, 0.29) is 29.8 Å². The Balaban J connectivity index is 0.852. The lowest BCUT2D eigenvalue weighted by Gasteiger charge is -2.28. The number of anilines is 1. The monoisotopic (exact) mass is 796 g/mol. The number of carbonyl (C=O) groups excluding carboxylic acids is 3. The van der Waals surface area contributed by atoms with E-state index in [2.05, 4.69) is 27.0 Å². The number of carbonyl (C=O) groups is 3. The van der Waals surface area contributed by atoms with Gasteiger partial charge < -0.3 is 20.5 Å². The molecular formula is C44H47F3N6O5. The molecule has 0 saturated heterocycles. The number of rotatable bonds is 14. The molecule has 4 N–H and O–H groups in total. The summed E-state index contributed by atoms with van der Waals surface area (Å²) in [6.07, 6.45) is 5.54. The third-order valence-electron chi connectivity index (χ3n) is 10.9. The predicted molar refractivity (Wildman–Crippen MR) is 213 cm³/mol. The molecule has 0 spiro atoms. The van der Waals surface area contributed by atoms with Gasteiger partial charge in [-0.1, -0.05) is 36.8 Å². The van der Waals surface area contributed by atoms with E-state index in [0.29, 0.717) is 39.6 Å². The van der Waals surface area contributed by atoms with Gasteiger partial charge in [0.05, 0.1) is 29.1 Å². The van der Waals surface area contributed by atoms with Crippen LogP contribution in [0.2, 0.25) is 0 Å². The minimum atomic E-state index is -4.69. The van der Waals surface area contributed by atoms with E-state index < -0.39 is 29.3 Å². The number of benzene rings is 3. The number of unbranched alkanes of at least 4 members (excludes halogenated alkanes) is 2. The fraction of sp³-hybridized carbons (Fsp3) is 0.386. The summed E-state index contributed by atoms with van der Waals surface area (Å²) in [6, 6.07) is 20.0. The van der Waals surface area contributed by atoms with Gasteiger partial charge in [-0.05, 0) is 131 Å². The second-order valence-corrected chi connectivity index (χ2v) is 15.8. The van der Waals surface area contributed by atoms with Gasteiger partial charge in [-0.3, -0.25) is 24.4 Å². The topological polar surface area (TPSA) is 147 Å². The van der Waals surface area contributed by atoms with E-state index in [1.165, 1.54) is 6.07 Å². The van der Waals surface area contributed by atoms with Gasteiger partial charge in [-0.25, -0.2) is 4.98 Å². The van der Waals surface area contributed by atoms with Gasteiger partial charge in [0.15, 0.2) is 0 Å². The summed E-state index contributed by atoms with van der Waals surface area (Å²) < 4.78 is 47.7. The van der Waals surface area contributed by atoms with Crippen molar-refractivity contribution >= 4 is 34.3 Å². The number of alkyl halides is 3. The van der Waals surface area contributed by atoms with E-state index in [0.717, 1.165) is 87.5 Å². The third-order valence-corrected chi connectivity index (χ3v) is 10.9. The standard InChI is InChI=1S/C44H47F3N6O5/c1-43(2,57)33-24-35-30(22-36(33)50-41(55)34-13-8-15-38(49-34)44(45,46)47)26-53(52-35)31-18-16-28(17-19-31)25-48-20-5-3-4-9-27-10-6-12-32(21-27)58-37-14-7-11-29-23-39(54)51-42(56)40(29)37/h6-8,10-15,21-22,24,26,28,31,48,57H,3-5,9,16-20,23,25H2,1-2H3,(H,50,55)(H,51,54,56)/t28-,31-. The van der Waals surface area contributed by atoms with E-state index in [4.69, 9.17) is 9.84 Å². The molecule has 1 aliphatic heterocycles. The molecule has 11 nitrogen and oxygen atoms in total. The molecule has 2 aromatic heterocycles. The quantitative estimate of drug-likeness (QED) is 0.0649. The number of pyridine rings is 1. The van der Waals surface area contributed by atoms with Crippen LogP contribution in [0, 0.1) is 5.92 Å². The Morgan fingerprint density at radius 1 is 0.966 bits per heavy atom. The first-order valence-corrected chi connectivity index (χ1v) is 19.8. The minimum Gasteiger partial charge on any atom is -0.457 e. The number of aryl methyl sites for hydroxylation is 1. The molecule has 3 heterocycles. The van der Waals surface area contributed by atoms with E-state index in [1.54, 1.807) is 44.2 Å². The van der Waals surface area contributed by atoms with Crippen molar-refractivity contribution in [2.24, 2.45) is 5.92 Å². The van der Waals surface area contributed by atoms with Crippen molar-refractivity contribution in [2.45, 2.75) is 89.5 Å². The van der Waals surface area contributed by atoms with Gasteiger partial charge in [0.1, 0.15) is 22.9 Å². The van der Waals surface area contributed by atoms with Crippen LogP contribution in [0.3, 0.4) is 0 Å². The number of nitrogens with zero attached hydrogens (tertiary/aromatic N) is 3. The molecule has 5 aromatic rings. The largest absolute Gasteiger partial charge is 0.457 e. The maximum absolute atomic E-state index is 13.2. The van der Waals surface area contributed by atoms with Crippen molar-refractivity contribution in [3.8, 4) is 11.5 Å². The van der Waals surface area contributed by atoms with Crippen LogP contribution in [-0.2, 0) is 29.4 Å². The lowest BCUT2D eigenvalue weighted by Crippen LogP contribution is -2.37. The molecule has 0 radical (unpaired) electrons. The summed E-state index contributed by atoms with van der Waals surface area (Å²) in [5.41, 5.74) is 0.635. The molecule has 1 fully saturated rings. The number of aromatic nitrogens is 3. The lowest BCUT2D eigenvalue weighted by molar-refractivity contribution is -0.141. The number of nitrogens with one attached hydrogen (secondary N) is 3. The van der Waals surface area contributed by atoms with Crippen LogP contribution in [0.4, 0.5) is 18.9 Å². The maximum Gasteiger partial charge on any atom is 0.433 e. The smallest absolute Gasteiger partial charge is 0.433 e. The van der Waals surface area contributed by atoms with Crippen LogP contribution in [0.1, 0.15) is 108 Å². The first-order chi connectivity index (χ1) is 27.7. The van der Waals surface area contributed by atoms with Gasteiger partial charge in [-0.2, -0.15) is 18.3 Å². The summed E-state index contributed by atoms with van der Waals surface area (Å²) in [5.74, 6) is 0.0996. The second-order valence-electron chi connectivity index (χ2n) is 15.8. The zero-order chi connectivity index (χ0) is 41.0. The molecule has 0 bridgehead atoms. The normalized spacial score (nSPS) is 17.2. The average Bonchev–Trinajstić information content (AvgIpc) is 3.60. The Labute approximate surface area is 334 Å². The number of halogens is 3. The van der Waals surface area contributed by atoms with Crippen molar-refractivity contribution < 1.29 is 37.4 Å². The average molecular weight is 797 g/mol. The van der Waals surface area contributed by atoms with Crippen molar-refractivity contribution in [1.82, 2.24) is 25.4 Å². The second kappa shape index (κ2) is 17.1. The Kier molecular flexibility index (Phi) is 12.0. The molecule has 0 unspecified atom stereocenters. The molecule has 1 saturated carbocycles. The van der Waals surface area contributed by atoms with Gasteiger partial charge in [0.25, 0.3) is 11.8 Å². The highest BCUT2D eigenvalue weighted by molar-refractivity contribution is 6.11. The highest BCUT2D eigenvalue weighted by atomic mass is 19.4. The molecule has 304 valence electrons. The summed E-state index contributed by atoms with van der Waals surface area (Å²) in [6.45, 7) is 5.05. The molecule has 1 aliphatic carbocycles. The highest BCUT2D eigenvalue weighted by Gasteiger charge is 2.33. The van der Waals surface area contributed by atoms with E-state index >= 15 is 0 Å². The number of aliphatic hydroxyl groups is 1. The van der Waals surface area contributed by atoms with Crippen LogP contribution in [0.25, 0.3) is 10.9 Å². The number of fused-ring (bicyclic) bond motifs is 2. The van der Waals surface area contributed by atoms with E-state index in [1.807, 2.05) is 29.1 Å². The van der Waals surface area contributed by atoms with Gasteiger partial charge in [0.2, 0.25) is 5.91 Å². The first-order valence-electron chi connectivity index (χ1n) is 19.8. The van der Waals surface area contributed by atoms with Crippen molar-refractivity contribution in [2.75, 3.05) is 18.4 Å². The number of hydrogen-bond donors (Lipinski definition) is 4. The Hall–Kier alpha value is -5.60. The van der Waals surface area contributed by atoms with Crippen LogP contribution < -0.4 is 20.7 Å². The molecule has 58 heavy (non-hydrogen) atoms. The van der Waals surface area contributed by atoms with Crippen LogP contribution in [-0.4, -0.2) is 50.7 Å². The van der Waals surface area contributed by atoms with Gasteiger partial charge in [0, 0.05) is 22.8 Å². The zero-order valence-corrected chi connectivity index (χ0v) is 32.5. The van der Waals surface area contributed by atoms with Crippen LogP contribution in [0.5, 0.6) is 11.5 Å². The first kappa shape index (κ1) is 40.6. The Morgan fingerprint density at radius 2 is 1.74 bits per heavy atom. The fourth-order valence-electron chi connectivity index (χ4n) is 7.83. The SMILES string of the molecule is CC(C)(O)c1cc2nn([C@H]3CC[C@H](CNCCCCCc4cccc(Oc5cccc6c5C(=O)NC(=O)C6)c4)CC3)cc2cc1NC(=O)c1cccc(C(F)(F)F)n1. The maximum atomic E-state index is 13.2. The van der Waals surface area contributed by atoms with Crippen molar-refractivity contribution in [3.63, 3.8) is 0 Å². The summed E-state index contributed by atoms with van der Waals surface area (Å²) in [7, 11) is 0. The van der Waals surface area contributed by atoms with Crippen molar-refractivity contribution in [3.05, 3.63) is 113 Å². The van der Waals surface area contributed by atoms with E-state index in [9.17, 15) is 32.7 Å². The molecule has 2 aliphatic rings. The summed E-state index contributed by atoms with van der Waals surface area (Å²) >= 11 is 0. The lowest BCUT2D eigenvalue weighted by atomic mass is 9.86.